The van der Waals surface area contributed by atoms with E-state index in [-0.39, 0.29) is 19.8 Å². The summed E-state index contributed by atoms with van der Waals surface area (Å²) in [6.07, 6.45) is 16.6. The van der Waals surface area contributed by atoms with Gasteiger partial charge in [0.25, 0.3) is 0 Å². The standard InChI is InChI=1S/C19H38O3/c1-2-3-4-5-6-7-8-9-10-11-12-13-14-18(15-20)19(16-21)17-22/h20-22H,2-17H2,1H3. The first kappa shape index (κ1) is 21.6. The van der Waals surface area contributed by atoms with Gasteiger partial charge in [-0.25, -0.2) is 0 Å². The highest BCUT2D eigenvalue weighted by molar-refractivity contribution is 5.15. The van der Waals surface area contributed by atoms with E-state index in [1.807, 2.05) is 0 Å². The van der Waals surface area contributed by atoms with Crippen molar-refractivity contribution in [3.8, 4) is 0 Å². The molecule has 0 saturated carbocycles. The van der Waals surface area contributed by atoms with E-state index in [2.05, 4.69) is 6.92 Å². The largest absolute Gasteiger partial charge is 0.392 e. The van der Waals surface area contributed by atoms with Crippen LogP contribution in [0, 0.1) is 0 Å². The maximum absolute atomic E-state index is 9.26. The lowest BCUT2D eigenvalue weighted by Crippen LogP contribution is -2.05. The van der Waals surface area contributed by atoms with E-state index in [9.17, 15) is 5.11 Å². The number of hydrogen-bond donors (Lipinski definition) is 3. The van der Waals surface area contributed by atoms with E-state index in [0.29, 0.717) is 5.57 Å². The Hall–Kier alpha value is -0.380. The van der Waals surface area contributed by atoms with Gasteiger partial charge in [0, 0.05) is 0 Å². The predicted molar refractivity (Wildman–Crippen MR) is 94.0 cm³/mol. The Morgan fingerprint density at radius 1 is 0.500 bits per heavy atom. The van der Waals surface area contributed by atoms with Gasteiger partial charge in [-0.05, 0) is 24.0 Å². The van der Waals surface area contributed by atoms with Gasteiger partial charge in [0.1, 0.15) is 0 Å². The molecule has 0 heterocycles. The monoisotopic (exact) mass is 314 g/mol. The summed E-state index contributed by atoms with van der Waals surface area (Å²) in [6.45, 7) is 1.91. The molecule has 0 atom stereocenters. The molecule has 3 nitrogen and oxygen atoms in total. The van der Waals surface area contributed by atoms with Crippen LogP contribution in [0.5, 0.6) is 0 Å². The SMILES string of the molecule is CCCCCCCCCCCCCCC(CO)=C(CO)CO. The van der Waals surface area contributed by atoms with E-state index in [4.69, 9.17) is 10.2 Å². The minimum atomic E-state index is -0.148. The Morgan fingerprint density at radius 2 is 0.864 bits per heavy atom. The molecule has 0 radical (unpaired) electrons. The summed E-state index contributed by atoms with van der Waals surface area (Å²) in [7, 11) is 0. The Morgan fingerprint density at radius 3 is 1.23 bits per heavy atom. The highest BCUT2D eigenvalue weighted by Crippen LogP contribution is 2.16. The van der Waals surface area contributed by atoms with Crippen LogP contribution in [0.25, 0.3) is 0 Å². The third-order valence-corrected chi connectivity index (χ3v) is 4.40. The summed E-state index contributed by atoms with van der Waals surface area (Å²) in [5.41, 5.74) is 1.41. The smallest absolute Gasteiger partial charge is 0.0667 e. The van der Waals surface area contributed by atoms with Gasteiger partial charge < -0.3 is 15.3 Å². The van der Waals surface area contributed by atoms with Crippen molar-refractivity contribution < 1.29 is 15.3 Å². The van der Waals surface area contributed by atoms with Crippen LogP contribution < -0.4 is 0 Å². The van der Waals surface area contributed by atoms with E-state index in [1.165, 1.54) is 70.6 Å². The second-order valence-corrected chi connectivity index (χ2v) is 6.32. The summed E-state index contributed by atoms with van der Waals surface area (Å²) < 4.78 is 0. The molecule has 0 aliphatic carbocycles. The summed E-state index contributed by atoms with van der Waals surface area (Å²) >= 11 is 0. The molecule has 0 aromatic carbocycles. The predicted octanol–water partition coefficient (Wildman–Crippen LogP) is 4.35. The van der Waals surface area contributed by atoms with Crippen molar-refractivity contribution in [3.05, 3.63) is 11.1 Å². The Bertz CT molecular complexity index is 255. The molecule has 0 bridgehead atoms. The number of aliphatic hydroxyl groups excluding tert-OH is 3. The normalized spacial score (nSPS) is 10.9. The van der Waals surface area contributed by atoms with Crippen LogP contribution in [-0.2, 0) is 0 Å². The average Bonchev–Trinajstić information content (AvgIpc) is 2.55. The van der Waals surface area contributed by atoms with Crippen LogP contribution in [0.2, 0.25) is 0 Å². The van der Waals surface area contributed by atoms with Crippen LogP contribution in [0.1, 0.15) is 90.4 Å². The first-order valence-electron chi connectivity index (χ1n) is 9.32. The first-order chi connectivity index (χ1) is 10.8. The van der Waals surface area contributed by atoms with Crippen molar-refractivity contribution in [1.29, 1.82) is 0 Å². The van der Waals surface area contributed by atoms with Crippen LogP contribution in [-0.4, -0.2) is 35.1 Å². The maximum Gasteiger partial charge on any atom is 0.0667 e. The van der Waals surface area contributed by atoms with Crippen molar-refractivity contribution in [2.24, 2.45) is 0 Å². The lowest BCUT2D eigenvalue weighted by atomic mass is 10.0. The number of unbranched alkanes of at least 4 members (excludes halogenated alkanes) is 11. The third-order valence-electron chi connectivity index (χ3n) is 4.40. The molecular formula is C19H38O3. The highest BCUT2D eigenvalue weighted by Gasteiger charge is 2.04. The molecule has 132 valence electrons. The molecule has 0 amide bonds. The number of aliphatic hydroxyl groups is 3. The molecule has 0 aromatic rings. The zero-order valence-corrected chi connectivity index (χ0v) is 14.7. The summed E-state index contributed by atoms with van der Waals surface area (Å²) in [5, 5.41) is 27.4. The van der Waals surface area contributed by atoms with Crippen molar-refractivity contribution in [1.82, 2.24) is 0 Å². The van der Waals surface area contributed by atoms with Gasteiger partial charge in [-0.15, -0.1) is 0 Å². The molecule has 3 N–H and O–H groups in total. The van der Waals surface area contributed by atoms with Gasteiger partial charge in [-0.2, -0.15) is 0 Å². The van der Waals surface area contributed by atoms with Gasteiger partial charge in [0.05, 0.1) is 19.8 Å². The van der Waals surface area contributed by atoms with Crippen LogP contribution in [0.3, 0.4) is 0 Å². The zero-order chi connectivity index (χ0) is 16.5. The van der Waals surface area contributed by atoms with E-state index >= 15 is 0 Å². The molecule has 0 aliphatic rings. The fourth-order valence-corrected chi connectivity index (χ4v) is 2.82. The number of rotatable bonds is 16. The minimum absolute atomic E-state index is 0.0471. The van der Waals surface area contributed by atoms with Crippen molar-refractivity contribution in [2.75, 3.05) is 19.8 Å². The van der Waals surface area contributed by atoms with E-state index in [1.54, 1.807) is 0 Å². The second kappa shape index (κ2) is 17.0. The molecule has 0 aromatic heterocycles. The summed E-state index contributed by atoms with van der Waals surface area (Å²) in [5.74, 6) is 0. The minimum Gasteiger partial charge on any atom is -0.392 e. The molecule has 22 heavy (non-hydrogen) atoms. The molecule has 0 unspecified atom stereocenters. The zero-order valence-electron chi connectivity index (χ0n) is 14.7. The van der Waals surface area contributed by atoms with Gasteiger partial charge in [-0.1, -0.05) is 77.6 Å². The lowest BCUT2D eigenvalue weighted by Gasteiger charge is -2.09. The van der Waals surface area contributed by atoms with Gasteiger partial charge in [0.15, 0.2) is 0 Å². The molecular weight excluding hydrogens is 276 g/mol. The summed E-state index contributed by atoms with van der Waals surface area (Å²) in [4.78, 5) is 0. The van der Waals surface area contributed by atoms with Gasteiger partial charge in [-0.3, -0.25) is 0 Å². The van der Waals surface area contributed by atoms with E-state index in [0.717, 1.165) is 18.4 Å². The Kier molecular flexibility index (Phi) is 16.7. The van der Waals surface area contributed by atoms with Crippen molar-refractivity contribution in [2.45, 2.75) is 90.4 Å². The number of hydrogen-bond acceptors (Lipinski definition) is 3. The quantitative estimate of drug-likeness (QED) is 0.293. The van der Waals surface area contributed by atoms with Gasteiger partial charge in [0.2, 0.25) is 0 Å². The second-order valence-electron chi connectivity index (χ2n) is 6.32. The Balaban J connectivity index is 3.41. The molecule has 3 heteroatoms. The van der Waals surface area contributed by atoms with Crippen LogP contribution in [0.15, 0.2) is 11.1 Å². The fraction of sp³-hybridized carbons (Fsp3) is 0.895. The first-order valence-corrected chi connectivity index (χ1v) is 9.32. The van der Waals surface area contributed by atoms with E-state index < -0.39 is 0 Å². The fourth-order valence-electron chi connectivity index (χ4n) is 2.82. The molecule has 0 saturated heterocycles. The average molecular weight is 315 g/mol. The highest BCUT2D eigenvalue weighted by atomic mass is 16.3. The maximum atomic E-state index is 9.26. The topological polar surface area (TPSA) is 60.7 Å². The van der Waals surface area contributed by atoms with Crippen LogP contribution >= 0.6 is 0 Å². The van der Waals surface area contributed by atoms with Crippen LogP contribution in [0.4, 0.5) is 0 Å². The molecule has 0 fully saturated rings. The van der Waals surface area contributed by atoms with Crippen molar-refractivity contribution in [3.63, 3.8) is 0 Å². The van der Waals surface area contributed by atoms with Crippen molar-refractivity contribution >= 4 is 0 Å². The molecule has 0 aliphatic heterocycles. The third kappa shape index (κ3) is 12.2. The summed E-state index contributed by atoms with van der Waals surface area (Å²) in [6, 6.07) is 0. The lowest BCUT2D eigenvalue weighted by molar-refractivity contribution is 0.264. The molecule has 0 spiro atoms. The Labute approximate surface area is 137 Å². The molecule has 0 rings (SSSR count). The van der Waals surface area contributed by atoms with Gasteiger partial charge >= 0.3 is 0 Å².